The highest BCUT2D eigenvalue weighted by Crippen LogP contribution is 2.40. The molecule has 0 aliphatic heterocycles. The van der Waals surface area contributed by atoms with E-state index >= 15 is 0 Å². The molecule has 0 saturated heterocycles. The molecule has 0 amide bonds. The van der Waals surface area contributed by atoms with E-state index in [1.54, 1.807) is 0 Å². The van der Waals surface area contributed by atoms with Gasteiger partial charge in [0.25, 0.3) is 0 Å². The topological polar surface area (TPSA) is 86.8 Å². The quantitative estimate of drug-likeness (QED) is 0.558. The maximum atomic E-state index is 9.75. The van der Waals surface area contributed by atoms with E-state index in [1.807, 2.05) is 19.1 Å². The second kappa shape index (κ2) is 4.42. The van der Waals surface area contributed by atoms with Crippen LogP contribution in [0.5, 0.6) is 5.88 Å². The SMILES string of the molecule is Cc1ccc2[nH]c(O)c(N=NC(N)=S)c2c1Br. The molecule has 5 nitrogen and oxygen atoms in total. The number of nitrogens with two attached hydrogens (primary N) is 1. The Balaban J connectivity index is 2.73. The fourth-order valence-electron chi connectivity index (χ4n) is 1.52. The number of fused-ring (bicyclic) bond motifs is 1. The first-order valence-electron chi connectivity index (χ1n) is 4.71. The van der Waals surface area contributed by atoms with Crippen LogP contribution in [-0.2, 0) is 0 Å². The average molecular weight is 313 g/mol. The number of halogens is 1. The predicted octanol–water partition coefficient (Wildman–Crippen LogP) is 3.27. The Morgan fingerprint density at radius 2 is 2.24 bits per heavy atom. The van der Waals surface area contributed by atoms with Crippen LogP contribution in [0.1, 0.15) is 5.56 Å². The summed E-state index contributed by atoms with van der Waals surface area (Å²) in [5, 5.41) is 17.8. The Labute approximate surface area is 111 Å². The van der Waals surface area contributed by atoms with Gasteiger partial charge in [0.15, 0.2) is 5.69 Å². The van der Waals surface area contributed by atoms with Gasteiger partial charge in [-0.3, -0.25) is 0 Å². The summed E-state index contributed by atoms with van der Waals surface area (Å²) in [7, 11) is 0. The lowest BCUT2D eigenvalue weighted by molar-refractivity contribution is 0.459. The normalized spacial score (nSPS) is 11.4. The van der Waals surface area contributed by atoms with Gasteiger partial charge in [-0.05, 0) is 46.7 Å². The number of azo groups is 1. The summed E-state index contributed by atoms with van der Waals surface area (Å²) in [6.07, 6.45) is 0. The third-order valence-electron chi connectivity index (χ3n) is 2.30. The van der Waals surface area contributed by atoms with Gasteiger partial charge >= 0.3 is 0 Å². The number of hydrogen-bond donors (Lipinski definition) is 3. The molecule has 0 unspecified atom stereocenters. The van der Waals surface area contributed by atoms with Crippen LogP contribution in [0.3, 0.4) is 0 Å². The van der Waals surface area contributed by atoms with E-state index in [2.05, 4.69) is 43.4 Å². The van der Waals surface area contributed by atoms with Crippen molar-refractivity contribution < 1.29 is 5.11 Å². The summed E-state index contributed by atoms with van der Waals surface area (Å²) in [4.78, 5) is 2.81. The molecule has 0 fully saturated rings. The van der Waals surface area contributed by atoms with Gasteiger partial charge in [0.05, 0.1) is 5.52 Å². The first-order chi connectivity index (χ1) is 8.00. The fraction of sp³-hybridized carbons (Fsp3) is 0.100. The summed E-state index contributed by atoms with van der Waals surface area (Å²) in [6.45, 7) is 1.95. The number of nitrogens with one attached hydrogen (secondary N) is 1. The molecule has 1 aromatic heterocycles. The van der Waals surface area contributed by atoms with E-state index in [1.165, 1.54) is 0 Å². The van der Waals surface area contributed by atoms with Crippen LogP contribution in [0.4, 0.5) is 5.69 Å². The van der Waals surface area contributed by atoms with Crippen molar-refractivity contribution in [1.29, 1.82) is 0 Å². The van der Waals surface area contributed by atoms with Crippen molar-refractivity contribution >= 4 is 49.9 Å². The first-order valence-corrected chi connectivity index (χ1v) is 5.91. The highest BCUT2D eigenvalue weighted by atomic mass is 79.9. The molecule has 7 heteroatoms. The lowest BCUT2D eigenvalue weighted by atomic mass is 10.1. The molecule has 1 heterocycles. The Morgan fingerprint density at radius 3 is 2.88 bits per heavy atom. The second-order valence-corrected chi connectivity index (χ2v) is 4.69. The van der Waals surface area contributed by atoms with Crippen LogP contribution < -0.4 is 5.73 Å². The van der Waals surface area contributed by atoms with Crippen LogP contribution in [0.15, 0.2) is 26.8 Å². The number of nitrogens with zero attached hydrogens (tertiary/aromatic N) is 2. The Kier molecular flexibility index (Phi) is 3.12. The molecule has 0 radical (unpaired) electrons. The number of aryl methyl sites for hydroxylation is 1. The molecular formula is C10H9BrN4OS. The zero-order valence-corrected chi connectivity index (χ0v) is 11.3. The third-order valence-corrected chi connectivity index (χ3v) is 3.40. The molecule has 0 atom stereocenters. The monoisotopic (exact) mass is 312 g/mol. The van der Waals surface area contributed by atoms with E-state index in [-0.39, 0.29) is 11.0 Å². The van der Waals surface area contributed by atoms with Gasteiger partial charge in [-0.1, -0.05) is 6.07 Å². The maximum Gasteiger partial charge on any atom is 0.218 e. The summed E-state index contributed by atoms with van der Waals surface area (Å²) in [6, 6.07) is 3.78. The van der Waals surface area contributed by atoms with Crippen LogP contribution in [-0.4, -0.2) is 15.2 Å². The molecular weight excluding hydrogens is 304 g/mol. The number of aromatic hydroxyl groups is 1. The molecule has 0 saturated carbocycles. The summed E-state index contributed by atoms with van der Waals surface area (Å²) < 4.78 is 0.850. The van der Waals surface area contributed by atoms with Crippen molar-refractivity contribution in [1.82, 2.24) is 4.98 Å². The van der Waals surface area contributed by atoms with Gasteiger partial charge in [0.2, 0.25) is 11.0 Å². The van der Waals surface area contributed by atoms with Crippen LogP contribution in [0.2, 0.25) is 0 Å². The van der Waals surface area contributed by atoms with Crippen molar-refractivity contribution in [2.45, 2.75) is 6.92 Å². The molecule has 0 spiro atoms. The zero-order chi connectivity index (χ0) is 12.6. The van der Waals surface area contributed by atoms with Crippen LogP contribution >= 0.6 is 28.1 Å². The minimum atomic E-state index is -0.0810. The Hall–Kier alpha value is -1.47. The molecule has 0 aliphatic rings. The average Bonchev–Trinajstić information content (AvgIpc) is 2.58. The van der Waals surface area contributed by atoms with Crippen molar-refractivity contribution in [3.8, 4) is 5.88 Å². The summed E-state index contributed by atoms with van der Waals surface area (Å²) in [5.41, 5.74) is 7.35. The molecule has 1 aromatic carbocycles. The third kappa shape index (κ3) is 2.16. The number of aromatic amines is 1. The van der Waals surface area contributed by atoms with Gasteiger partial charge in [0, 0.05) is 9.86 Å². The zero-order valence-electron chi connectivity index (χ0n) is 8.86. The van der Waals surface area contributed by atoms with E-state index in [0.29, 0.717) is 5.69 Å². The Morgan fingerprint density at radius 1 is 1.53 bits per heavy atom. The van der Waals surface area contributed by atoms with E-state index in [9.17, 15) is 5.11 Å². The van der Waals surface area contributed by atoms with Crippen molar-refractivity contribution in [3.05, 3.63) is 22.2 Å². The minimum absolute atomic E-state index is 0.0636. The van der Waals surface area contributed by atoms with Crippen molar-refractivity contribution in [2.24, 2.45) is 16.0 Å². The molecule has 88 valence electrons. The fourth-order valence-corrected chi connectivity index (χ4v) is 2.09. The highest BCUT2D eigenvalue weighted by molar-refractivity contribution is 9.10. The number of thiocarbonyl (C=S) groups is 1. The lowest BCUT2D eigenvalue weighted by Crippen LogP contribution is -2.01. The molecule has 2 aromatic rings. The molecule has 17 heavy (non-hydrogen) atoms. The summed E-state index contributed by atoms with van der Waals surface area (Å²) in [5.74, 6) is -0.0636. The van der Waals surface area contributed by atoms with Gasteiger partial charge in [0.1, 0.15) is 0 Å². The van der Waals surface area contributed by atoms with Gasteiger partial charge in [-0.15, -0.1) is 10.2 Å². The second-order valence-electron chi connectivity index (χ2n) is 3.48. The standard InChI is InChI=1S/C10H9BrN4OS/c1-4-2-3-5-6(7(4)11)8(9(16)13-5)14-15-10(12)17/h2-3,13,16H,1H3,(H2,12,17). The number of hydrogen-bond acceptors (Lipinski definition) is 3. The molecule has 4 N–H and O–H groups in total. The van der Waals surface area contributed by atoms with E-state index in [0.717, 1.165) is 20.9 Å². The molecule has 2 rings (SSSR count). The number of H-pyrrole nitrogens is 1. The van der Waals surface area contributed by atoms with E-state index < -0.39 is 0 Å². The molecule has 0 bridgehead atoms. The van der Waals surface area contributed by atoms with E-state index in [4.69, 9.17) is 5.73 Å². The predicted molar refractivity (Wildman–Crippen MR) is 73.7 cm³/mol. The van der Waals surface area contributed by atoms with Crippen molar-refractivity contribution in [3.63, 3.8) is 0 Å². The lowest BCUT2D eigenvalue weighted by Gasteiger charge is -1.99. The van der Waals surface area contributed by atoms with Gasteiger partial charge in [-0.25, -0.2) is 0 Å². The summed E-state index contributed by atoms with van der Waals surface area (Å²) >= 11 is 8.06. The first kappa shape index (κ1) is 12.0. The van der Waals surface area contributed by atoms with Crippen molar-refractivity contribution in [2.75, 3.05) is 0 Å². The number of rotatable bonds is 1. The molecule has 0 aliphatic carbocycles. The van der Waals surface area contributed by atoms with Crippen LogP contribution in [0, 0.1) is 6.92 Å². The maximum absolute atomic E-state index is 9.75. The van der Waals surface area contributed by atoms with Crippen LogP contribution in [0.25, 0.3) is 10.9 Å². The number of aromatic nitrogens is 1. The van der Waals surface area contributed by atoms with Gasteiger partial charge < -0.3 is 15.8 Å². The Bertz CT molecular complexity index is 635. The smallest absolute Gasteiger partial charge is 0.218 e. The number of benzene rings is 1. The van der Waals surface area contributed by atoms with Gasteiger partial charge in [-0.2, -0.15) is 0 Å². The largest absolute Gasteiger partial charge is 0.493 e. The highest BCUT2D eigenvalue weighted by Gasteiger charge is 2.14. The minimum Gasteiger partial charge on any atom is -0.493 e.